The molecule has 17 nitrogen and oxygen atoms in total. The van der Waals surface area contributed by atoms with Crippen LogP contribution in [0.1, 0.15) is 440 Å². The molecule has 0 aromatic rings. The lowest BCUT2D eigenvalue weighted by molar-refractivity contribution is -0.161. The first-order valence-electron chi connectivity index (χ1n) is 43.3. The van der Waals surface area contributed by atoms with E-state index in [0.717, 1.165) is 108 Å². The first kappa shape index (κ1) is 101. The number of phosphoric ester groups is 2. The minimum Gasteiger partial charge on any atom is -0.462 e. The van der Waals surface area contributed by atoms with E-state index < -0.39 is 97.5 Å². The number of aliphatic hydroxyl groups is 1. The number of aliphatic hydroxyl groups excluding tert-OH is 1. The van der Waals surface area contributed by atoms with Gasteiger partial charge in [-0.2, -0.15) is 0 Å². The normalized spacial score (nSPS) is 13.9. The molecule has 0 amide bonds. The van der Waals surface area contributed by atoms with Crippen molar-refractivity contribution in [3.8, 4) is 0 Å². The van der Waals surface area contributed by atoms with Gasteiger partial charge in [-0.1, -0.05) is 389 Å². The van der Waals surface area contributed by atoms with E-state index >= 15 is 0 Å². The third kappa shape index (κ3) is 78.0. The molecule has 0 radical (unpaired) electrons. The summed E-state index contributed by atoms with van der Waals surface area (Å²) in [4.78, 5) is 73.1. The van der Waals surface area contributed by atoms with E-state index in [1.165, 1.54) is 244 Å². The maximum absolute atomic E-state index is 13.1. The molecule has 0 rings (SSSR count). The van der Waals surface area contributed by atoms with Crippen LogP contribution in [0, 0.1) is 17.8 Å². The van der Waals surface area contributed by atoms with Gasteiger partial charge in [0.05, 0.1) is 26.4 Å². The van der Waals surface area contributed by atoms with Gasteiger partial charge in [-0.05, 0) is 43.4 Å². The number of ether oxygens (including phenoxy) is 4. The second-order valence-electron chi connectivity index (χ2n) is 31.6. The zero-order chi connectivity index (χ0) is 75.8. The summed E-state index contributed by atoms with van der Waals surface area (Å²) in [5.41, 5.74) is 0. The Kier molecular flexibility index (Phi) is 72.8. The molecule has 0 saturated carbocycles. The Bertz CT molecular complexity index is 1990. The smallest absolute Gasteiger partial charge is 0.462 e. The number of phosphoric acid groups is 2. The molecule has 0 spiro atoms. The summed E-state index contributed by atoms with van der Waals surface area (Å²) in [6.45, 7) is 11.9. The van der Waals surface area contributed by atoms with Crippen molar-refractivity contribution in [1.82, 2.24) is 0 Å². The molecule has 0 fully saturated rings. The van der Waals surface area contributed by atoms with Gasteiger partial charge in [-0.25, -0.2) is 9.13 Å². The average Bonchev–Trinajstić information content (AvgIpc) is 0.913. The van der Waals surface area contributed by atoms with Crippen LogP contribution in [0.25, 0.3) is 0 Å². The highest BCUT2D eigenvalue weighted by Gasteiger charge is 2.30. The standard InChI is InChI=1S/C84H164O17P2/c1-8-9-10-11-12-13-14-15-16-17-18-19-20-21-22-27-30-33-38-45-53-60-67-83(88)100-79(71-94-81(86)65-58-51-44-37-32-29-26-24-23-25-28-31-35-41-48-55-62-75(2)3)73-98-102(90,91)96-69-78(85)70-97-103(92,93)99-74-80(72-95-82(87)66-59-52-47-40-43-50-57-64-77(6)7)101-84(89)68-61-54-46-39-34-36-42-49-56-63-76(4)5/h75-80,85H,8-74H2,1-7H3,(H,90,91)(H,92,93)/t78-,79-,80-/m1/s1. The van der Waals surface area contributed by atoms with Crippen molar-refractivity contribution in [2.75, 3.05) is 39.6 Å². The van der Waals surface area contributed by atoms with Crippen LogP contribution in [0.2, 0.25) is 0 Å². The Hall–Kier alpha value is -1.94. The van der Waals surface area contributed by atoms with Crippen molar-refractivity contribution in [3.63, 3.8) is 0 Å². The highest BCUT2D eigenvalue weighted by atomic mass is 31.2. The molecule has 103 heavy (non-hydrogen) atoms. The van der Waals surface area contributed by atoms with Crippen molar-refractivity contribution < 1.29 is 80.2 Å². The van der Waals surface area contributed by atoms with Crippen LogP contribution in [0.15, 0.2) is 0 Å². The maximum atomic E-state index is 13.1. The largest absolute Gasteiger partial charge is 0.472 e. The van der Waals surface area contributed by atoms with Gasteiger partial charge in [0, 0.05) is 25.7 Å². The predicted octanol–water partition coefficient (Wildman–Crippen LogP) is 25.3. The lowest BCUT2D eigenvalue weighted by Crippen LogP contribution is -2.30. The molecule has 0 bridgehead atoms. The third-order valence-electron chi connectivity index (χ3n) is 19.6. The molecule has 0 aliphatic carbocycles. The zero-order valence-electron chi connectivity index (χ0n) is 67.8. The molecule has 0 aliphatic heterocycles. The van der Waals surface area contributed by atoms with Gasteiger partial charge >= 0.3 is 39.5 Å². The number of carbonyl (C=O) groups excluding carboxylic acids is 4. The highest BCUT2D eigenvalue weighted by Crippen LogP contribution is 2.45. The summed E-state index contributed by atoms with van der Waals surface area (Å²) in [6.07, 6.45) is 64.2. The SMILES string of the molecule is CCCCCCCCCCCCCCCCCCCCCCCCC(=O)O[C@H](COC(=O)CCCCCCCCCCCCCCCCCCC(C)C)COP(=O)(O)OC[C@@H](O)COP(=O)(O)OC[C@@H](COC(=O)CCCCCCCCCC(C)C)OC(=O)CCCCCCCCCCCC(C)C. The van der Waals surface area contributed by atoms with Gasteiger partial charge < -0.3 is 33.8 Å². The predicted molar refractivity (Wildman–Crippen MR) is 423 cm³/mol. The Morgan fingerprint density at radius 2 is 0.447 bits per heavy atom. The first-order valence-corrected chi connectivity index (χ1v) is 46.3. The van der Waals surface area contributed by atoms with E-state index in [9.17, 15) is 43.2 Å². The second-order valence-corrected chi connectivity index (χ2v) is 34.6. The monoisotopic (exact) mass is 1510 g/mol. The van der Waals surface area contributed by atoms with Gasteiger partial charge in [0.2, 0.25) is 0 Å². The molecular weight excluding hydrogens is 1340 g/mol. The van der Waals surface area contributed by atoms with Crippen LogP contribution >= 0.6 is 15.6 Å². The maximum Gasteiger partial charge on any atom is 0.472 e. The number of rotatable bonds is 82. The summed E-state index contributed by atoms with van der Waals surface area (Å²) in [5, 5.41) is 10.7. The Labute approximate surface area is 632 Å². The highest BCUT2D eigenvalue weighted by molar-refractivity contribution is 7.47. The average molecular weight is 1510 g/mol. The topological polar surface area (TPSA) is 237 Å². The fourth-order valence-electron chi connectivity index (χ4n) is 13.0. The van der Waals surface area contributed by atoms with Crippen LogP contribution in [-0.2, 0) is 65.4 Å². The summed E-state index contributed by atoms with van der Waals surface area (Å²) in [7, 11) is -9.92. The number of hydrogen-bond acceptors (Lipinski definition) is 15. The fraction of sp³-hybridized carbons (Fsp3) is 0.952. The molecule has 5 atom stereocenters. The molecular formula is C84H164O17P2. The lowest BCUT2D eigenvalue weighted by Gasteiger charge is -2.21. The van der Waals surface area contributed by atoms with E-state index in [2.05, 4.69) is 48.5 Å². The summed E-state index contributed by atoms with van der Waals surface area (Å²) in [6, 6.07) is 0. The molecule has 2 unspecified atom stereocenters. The number of unbranched alkanes of at least 4 members (excludes halogenated alkanes) is 50. The van der Waals surface area contributed by atoms with Gasteiger partial charge in [-0.3, -0.25) is 37.3 Å². The van der Waals surface area contributed by atoms with Crippen molar-refractivity contribution in [2.24, 2.45) is 17.8 Å². The third-order valence-corrected chi connectivity index (χ3v) is 21.5. The van der Waals surface area contributed by atoms with Crippen LogP contribution < -0.4 is 0 Å². The van der Waals surface area contributed by atoms with Gasteiger partial charge in [0.15, 0.2) is 12.2 Å². The van der Waals surface area contributed by atoms with Crippen molar-refractivity contribution in [1.29, 1.82) is 0 Å². The molecule has 0 aromatic carbocycles. The first-order chi connectivity index (χ1) is 49.7. The van der Waals surface area contributed by atoms with Crippen molar-refractivity contribution in [3.05, 3.63) is 0 Å². The zero-order valence-corrected chi connectivity index (χ0v) is 69.6. The van der Waals surface area contributed by atoms with Gasteiger partial charge in [-0.15, -0.1) is 0 Å². The van der Waals surface area contributed by atoms with Crippen molar-refractivity contribution in [2.45, 2.75) is 458 Å². The van der Waals surface area contributed by atoms with Crippen LogP contribution in [0.5, 0.6) is 0 Å². The Morgan fingerprint density at radius 1 is 0.262 bits per heavy atom. The number of hydrogen-bond donors (Lipinski definition) is 3. The molecule has 3 N–H and O–H groups in total. The second kappa shape index (κ2) is 74.2. The molecule has 0 aromatic heterocycles. The van der Waals surface area contributed by atoms with E-state index in [1.807, 2.05) is 0 Å². The quantitative estimate of drug-likeness (QED) is 0.0222. The summed E-state index contributed by atoms with van der Waals surface area (Å²) < 4.78 is 68.8. The molecule has 0 saturated heterocycles. The minimum absolute atomic E-state index is 0.105. The van der Waals surface area contributed by atoms with E-state index in [1.54, 1.807) is 0 Å². The van der Waals surface area contributed by atoms with Crippen LogP contribution in [-0.4, -0.2) is 96.7 Å². The van der Waals surface area contributed by atoms with E-state index in [0.29, 0.717) is 31.6 Å². The van der Waals surface area contributed by atoms with E-state index in [-0.39, 0.29) is 25.7 Å². The summed E-state index contributed by atoms with van der Waals surface area (Å²) >= 11 is 0. The molecule has 19 heteroatoms. The van der Waals surface area contributed by atoms with Gasteiger partial charge in [0.25, 0.3) is 0 Å². The van der Waals surface area contributed by atoms with Crippen LogP contribution in [0.3, 0.4) is 0 Å². The van der Waals surface area contributed by atoms with Crippen LogP contribution in [0.4, 0.5) is 0 Å². The number of carbonyl (C=O) groups is 4. The summed E-state index contributed by atoms with van der Waals surface area (Å²) in [5.74, 6) is 0.143. The Morgan fingerprint density at radius 3 is 0.660 bits per heavy atom. The lowest BCUT2D eigenvalue weighted by atomic mass is 10.0. The molecule has 612 valence electrons. The Balaban J connectivity index is 5.20. The molecule has 0 heterocycles. The van der Waals surface area contributed by atoms with Crippen molar-refractivity contribution >= 4 is 39.5 Å². The number of esters is 4. The van der Waals surface area contributed by atoms with E-state index in [4.69, 9.17) is 37.0 Å². The fourth-order valence-corrected chi connectivity index (χ4v) is 14.6. The van der Waals surface area contributed by atoms with Gasteiger partial charge in [0.1, 0.15) is 19.3 Å². The molecule has 0 aliphatic rings. The minimum atomic E-state index is -4.96.